The maximum absolute atomic E-state index is 5.69. The first-order chi connectivity index (χ1) is 7.83. The topological polar surface area (TPSA) is 47.3 Å². The molecule has 0 amide bonds. The van der Waals surface area contributed by atoms with E-state index in [1.807, 2.05) is 18.2 Å². The standard InChI is InChI=1S/C11H11BrN2O2/c12-7-1-2-10-8(5-7)14-11(16-10)9-6-15-4-3-13-9/h1-2,5,9,13H,3-4,6H2. The summed E-state index contributed by atoms with van der Waals surface area (Å²) in [6.07, 6.45) is 0. The molecule has 0 aliphatic carbocycles. The zero-order valence-electron chi connectivity index (χ0n) is 8.57. The van der Waals surface area contributed by atoms with Crippen molar-refractivity contribution in [2.75, 3.05) is 19.8 Å². The minimum Gasteiger partial charge on any atom is -0.439 e. The van der Waals surface area contributed by atoms with Crippen LogP contribution in [0.3, 0.4) is 0 Å². The van der Waals surface area contributed by atoms with E-state index in [0.29, 0.717) is 12.5 Å². The summed E-state index contributed by atoms with van der Waals surface area (Å²) in [7, 11) is 0. The highest BCUT2D eigenvalue weighted by atomic mass is 79.9. The predicted octanol–water partition coefficient (Wildman–Crippen LogP) is 2.25. The number of hydrogen-bond acceptors (Lipinski definition) is 4. The maximum atomic E-state index is 5.69. The zero-order valence-corrected chi connectivity index (χ0v) is 10.2. The predicted molar refractivity (Wildman–Crippen MR) is 63.3 cm³/mol. The number of ether oxygens (including phenoxy) is 1. The van der Waals surface area contributed by atoms with Gasteiger partial charge in [-0.3, -0.25) is 0 Å². The normalized spacial score (nSPS) is 21.4. The third-order valence-electron chi connectivity index (χ3n) is 2.59. The van der Waals surface area contributed by atoms with Gasteiger partial charge in [0.15, 0.2) is 5.58 Å². The largest absolute Gasteiger partial charge is 0.439 e. The van der Waals surface area contributed by atoms with Crippen LogP contribution in [0.4, 0.5) is 0 Å². The molecule has 1 N–H and O–H groups in total. The average molecular weight is 283 g/mol. The molecule has 0 radical (unpaired) electrons. The fraction of sp³-hybridized carbons (Fsp3) is 0.364. The molecule has 2 aromatic rings. The van der Waals surface area contributed by atoms with Gasteiger partial charge in [0.2, 0.25) is 5.89 Å². The number of nitrogens with one attached hydrogen (secondary N) is 1. The number of halogens is 1. The molecule has 0 spiro atoms. The zero-order chi connectivity index (χ0) is 11.0. The molecule has 1 aromatic carbocycles. The first-order valence-corrected chi connectivity index (χ1v) is 5.99. The van der Waals surface area contributed by atoms with Gasteiger partial charge in [-0.2, -0.15) is 0 Å². The van der Waals surface area contributed by atoms with Crippen LogP contribution in [0.2, 0.25) is 0 Å². The van der Waals surface area contributed by atoms with E-state index in [0.717, 1.165) is 28.7 Å². The molecule has 1 aromatic heterocycles. The molecule has 1 saturated heterocycles. The van der Waals surface area contributed by atoms with Crippen LogP contribution in [0, 0.1) is 0 Å². The van der Waals surface area contributed by atoms with Crippen molar-refractivity contribution >= 4 is 27.0 Å². The fourth-order valence-corrected chi connectivity index (χ4v) is 2.14. The van der Waals surface area contributed by atoms with E-state index >= 15 is 0 Å². The van der Waals surface area contributed by atoms with Crippen molar-refractivity contribution in [1.82, 2.24) is 10.3 Å². The Bertz CT molecular complexity index is 506. The number of rotatable bonds is 1. The molecular formula is C11H11BrN2O2. The molecule has 84 valence electrons. The summed E-state index contributed by atoms with van der Waals surface area (Å²) in [5, 5.41) is 3.32. The lowest BCUT2D eigenvalue weighted by Crippen LogP contribution is -2.34. The number of aromatic nitrogens is 1. The minimum absolute atomic E-state index is 0.0694. The summed E-state index contributed by atoms with van der Waals surface area (Å²) in [5.74, 6) is 0.702. The highest BCUT2D eigenvalue weighted by Gasteiger charge is 2.20. The van der Waals surface area contributed by atoms with Crippen molar-refractivity contribution in [3.05, 3.63) is 28.6 Å². The Morgan fingerprint density at radius 1 is 1.44 bits per heavy atom. The van der Waals surface area contributed by atoms with Gasteiger partial charge >= 0.3 is 0 Å². The van der Waals surface area contributed by atoms with Crippen LogP contribution in [-0.4, -0.2) is 24.7 Å². The molecule has 16 heavy (non-hydrogen) atoms. The van der Waals surface area contributed by atoms with Crippen LogP contribution in [0.15, 0.2) is 27.1 Å². The first-order valence-electron chi connectivity index (χ1n) is 5.20. The molecule has 5 heteroatoms. The molecule has 1 atom stereocenters. The average Bonchev–Trinajstić information content (AvgIpc) is 2.73. The van der Waals surface area contributed by atoms with Crippen LogP contribution in [0.25, 0.3) is 11.1 Å². The molecule has 2 heterocycles. The second-order valence-electron chi connectivity index (χ2n) is 3.75. The molecular weight excluding hydrogens is 272 g/mol. The van der Waals surface area contributed by atoms with E-state index < -0.39 is 0 Å². The third-order valence-corrected chi connectivity index (χ3v) is 3.08. The van der Waals surface area contributed by atoms with E-state index in [9.17, 15) is 0 Å². The summed E-state index contributed by atoms with van der Waals surface area (Å²) in [6.45, 7) is 2.21. The monoisotopic (exact) mass is 282 g/mol. The van der Waals surface area contributed by atoms with Gasteiger partial charge in [0.05, 0.1) is 13.2 Å². The molecule has 0 saturated carbocycles. The number of benzene rings is 1. The van der Waals surface area contributed by atoms with Crippen LogP contribution in [-0.2, 0) is 4.74 Å². The summed E-state index contributed by atoms with van der Waals surface area (Å²) >= 11 is 3.42. The second kappa shape index (κ2) is 4.16. The van der Waals surface area contributed by atoms with Crippen molar-refractivity contribution in [3.8, 4) is 0 Å². The SMILES string of the molecule is Brc1ccc2oc(C3COCCN3)nc2c1. The van der Waals surface area contributed by atoms with Crippen molar-refractivity contribution in [2.45, 2.75) is 6.04 Å². The molecule has 1 aliphatic rings. The van der Waals surface area contributed by atoms with Gasteiger partial charge < -0.3 is 14.5 Å². The number of nitrogens with zero attached hydrogens (tertiary/aromatic N) is 1. The quantitative estimate of drug-likeness (QED) is 0.872. The van der Waals surface area contributed by atoms with Crippen LogP contribution < -0.4 is 5.32 Å². The van der Waals surface area contributed by atoms with Gasteiger partial charge in [-0.05, 0) is 18.2 Å². The number of oxazole rings is 1. The Morgan fingerprint density at radius 3 is 3.19 bits per heavy atom. The summed E-state index contributed by atoms with van der Waals surface area (Å²) in [4.78, 5) is 4.46. The van der Waals surface area contributed by atoms with E-state index in [2.05, 4.69) is 26.2 Å². The Balaban J connectivity index is 1.97. The van der Waals surface area contributed by atoms with E-state index in [1.165, 1.54) is 0 Å². The Morgan fingerprint density at radius 2 is 2.38 bits per heavy atom. The Labute approximate surface area is 101 Å². The van der Waals surface area contributed by atoms with Crippen molar-refractivity contribution in [2.24, 2.45) is 0 Å². The smallest absolute Gasteiger partial charge is 0.215 e. The minimum atomic E-state index is 0.0694. The maximum Gasteiger partial charge on any atom is 0.215 e. The molecule has 1 fully saturated rings. The van der Waals surface area contributed by atoms with Crippen LogP contribution in [0.1, 0.15) is 11.9 Å². The Kier molecular flexibility index (Phi) is 2.67. The van der Waals surface area contributed by atoms with E-state index in [-0.39, 0.29) is 6.04 Å². The van der Waals surface area contributed by atoms with Gasteiger partial charge in [0.25, 0.3) is 0 Å². The van der Waals surface area contributed by atoms with Crippen LogP contribution in [0.5, 0.6) is 0 Å². The van der Waals surface area contributed by atoms with Crippen molar-refractivity contribution < 1.29 is 9.15 Å². The molecule has 0 bridgehead atoms. The van der Waals surface area contributed by atoms with Gasteiger partial charge in [0.1, 0.15) is 11.6 Å². The third kappa shape index (κ3) is 1.86. The highest BCUT2D eigenvalue weighted by Crippen LogP contribution is 2.24. The lowest BCUT2D eigenvalue weighted by molar-refractivity contribution is 0.0687. The van der Waals surface area contributed by atoms with Crippen molar-refractivity contribution in [1.29, 1.82) is 0 Å². The summed E-state index contributed by atoms with van der Waals surface area (Å²) in [6, 6.07) is 5.88. The molecule has 1 unspecified atom stereocenters. The van der Waals surface area contributed by atoms with Crippen molar-refractivity contribution in [3.63, 3.8) is 0 Å². The lowest BCUT2D eigenvalue weighted by atomic mass is 10.3. The van der Waals surface area contributed by atoms with Gasteiger partial charge in [-0.25, -0.2) is 4.98 Å². The number of fused-ring (bicyclic) bond motifs is 1. The van der Waals surface area contributed by atoms with Gasteiger partial charge in [-0.1, -0.05) is 15.9 Å². The highest BCUT2D eigenvalue weighted by molar-refractivity contribution is 9.10. The molecule has 4 nitrogen and oxygen atoms in total. The van der Waals surface area contributed by atoms with Gasteiger partial charge in [-0.15, -0.1) is 0 Å². The number of morpholine rings is 1. The van der Waals surface area contributed by atoms with Crippen LogP contribution >= 0.6 is 15.9 Å². The summed E-state index contributed by atoms with van der Waals surface area (Å²) < 4.78 is 12.1. The Hall–Kier alpha value is -0.910. The first kappa shape index (κ1) is 10.3. The summed E-state index contributed by atoms with van der Waals surface area (Å²) in [5.41, 5.74) is 1.68. The fourth-order valence-electron chi connectivity index (χ4n) is 1.79. The van der Waals surface area contributed by atoms with E-state index in [4.69, 9.17) is 9.15 Å². The van der Waals surface area contributed by atoms with Gasteiger partial charge in [0, 0.05) is 11.0 Å². The van der Waals surface area contributed by atoms with E-state index in [1.54, 1.807) is 0 Å². The molecule has 3 rings (SSSR count). The molecule has 1 aliphatic heterocycles. The lowest BCUT2D eigenvalue weighted by Gasteiger charge is -2.20. The second-order valence-corrected chi connectivity index (χ2v) is 4.66. The number of hydrogen-bond donors (Lipinski definition) is 1.